The molecule has 0 N–H and O–H groups in total. The Balaban J connectivity index is 2.28. The number of thiophene rings is 1. The highest BCUT2D eigenvalue weighted by Gasteiger charge is 2.23. The minimum Gasteiger partial charge on any atom is -0.408 e. The zero-order chi connectivity index (χ0) is 12.0. The first-order chi connectivity index (χ1) is 8.19. The molecule has 1 aliphatic rings. The van der Waals surface area contributed by atoms with Crippen LogP contribution in [0.1, 0.15) is 36.6 Å². The Hall–Kier alpha value is -1.16. The quantitative estimate of drug-likeness (QED) is 0.780. The fraction of sp³-hybridized carbons (Fsp3) is 0.538. The van der Waals surface area contributed by atoms with E-state index in [1.54, 1.807) is 11.3 Å². The largest absolute Gasteiger partial charge is 0.408 e. The van der Waals surface area contributed by atoms with Crippen LogP contribution in [-0.2, 0) is 19.3 Å². The first-order valence-corrected chi connectivity index (χ1v) is 6.95. The molecule has 1 atom stereocenters. The second-order valence-corrected chi connectivity index (χ2v) is 5.86. The lowest BCUT2D eigenvalue weighted by atomic mass is 9.89. The van der Waals surface area contributed by atoms with Crippen molar-refractivity contribution in [2.45, 2.75) is 39.5 Å². The number of aromatic nitrogens is 1. The fourth-order valence-corrected chi connectivity index (χ4v) is 3.86. The van der Waals surface area contributed by atoms with Gasteiger partial charge in [0.2, 0.25) is 0 Å². The molecule has 0 bridgehead atoms. The van der Waals surface area contributed by atoms with Crippen LogP contribution in [0.15, 0.2) is 9.21 Å². The number of hydrogen-bond acceptors (Lipinski definition) is 4. The van der Waals surface area contributed by atoms with Gasteiger partial charge in [0.05, 0.1) is 0 Å². The van der Waals surface area contributed by atoms with Crippen LogP contribution < -0.4 is 5.63 Å². The summed E-state index contributed by atoms with van der Waals surface area (Å²) >= 11 is 1.68. The standard InChI is InChI=1S/C13H15NO2S/c1-3-10-14-12-11(13(15)16-10)8-5-4-7(2)6-9(8)17-12/h7H,3-6H2,1-2H3. The lowest BCUT2D eigenvalue weighted by Crippen LogP contribution is -2.11. The van der Waals surface area contributed by atoms with Gasteiger partial charge in [0, 0.05) is 11.3 Å². The number of rotatable bonds is 1. The van der Waals surface area contributed by atoms with Gasteiger partial charge in [-0.3, -0.25) is 0 Å². The van der Waals surface area contributed by atoms with Gasteiger partial charge >= 0.3 is 5.63 Å². The van der Waals surface area contributed by atoms with E-state index in [9.17, 15) is 4.79 Å². The van der Waals surface area contributed by atoms with Gasteiger partial charge in [0.25, 0.3) is 0 Å². The van der Waals surface area contributed by atoms with Crippen molar-refractivity contribution in [1.29, 1.82) is 0 Å². The average molecular weight is 249 g/mol. The summed E-state index contributed by atoms with van der Waals surface area (Å²) in [7, 11) is 0. The van der Waals surface area contributed by atoms with E-state index in [4.69, 9.17) is 4.42 Å². The molecule has 0 aromatic carbocycles. The van der Waals surface area contributed by atoms with E-state index < -0.39 is 0 Å². The molecule has 2 aromatic rings. The summed E-state index contributed by atoms with van der Waals surface area (Å²) in [5.41, 5.74) is 1.01. The molecule has 17 heavy (non-hydrogen) atoms. The zero-order valence-electron chi connectivity index (χ0n) is 10.1. The number of nitrogens with zero attached hydrogens (tertiary/aromatic N) is 1. The topological polar surface area (TPSA) is 43.1 Å². The molecule has 90 valence electrons. The molecule has 3 rings (SSSR count). The van der Waals surface area contributed by atoms with Gasteiger partial charge in [-0.05, 0) is 30.7 Å². The average Bonchev–Trinajstić information content (AvgIpc) is 2.66. The molecule has 0 spiro atoms. The first kappa shape index (κ1) is 11.0. The van der Waals surface area contributed by atoms with E-state index in [2.05, 4.69) is 11.9 Å². The van der Waals surface area contributed by atoms with E-state index in [1.165, 1.54) is 10.4 Å². The SMILES string of the molecule is CCc1nc2sc3c(c2c(=O)o1)CCC(C)C3. The smallest absolute Gasteiger partial charge is 0.348 e. The second kappa shape index (κ2) is 3.95. The van der Waals surface area contributed by atoms with Gasteiger partial charge in [-0.1, -0.05) is 13.8 Å². The van der Waals surface area contributed by atoms with Crippen molar-refractivity contribution < 1.29 is 4.42 Å². The van der Waals surface area contributed by atoms with Crippen molar-refractivity contribution in [2.75, 3.05) is 0 Å². The predicted octanol–water partition coefficient (Wildman–Crippen LogP) is 2.94. The Labute approximate surface area is 103 Å². The number of hydrogen-bond donors (Lipinski definition) is 0. The molecule has 2 aromatic heterocycles. The summed E-state index contributed by atoms with van der Waals surface area (Å²) in [5, 5.41) is 0.745. The molecule has 0 saturated carbocycles. The van der Waals surface area contributed by atoms with Crippen LogP contribution in [0.25, 0.3) is 10.2 Å². The third kappa shape index (κ3) is 1.71. The Morgan fingerprint density at radius 3 is 3.12 bits per heavy atom. The Morgan fingerprint density at radius 2 is 2.35 bits per heavy atom. The molecule has 0 aliphatic heterocycles. The summed E-state index contributed by atoms with van der Waals surface area (Å²) in [6, 6.07) is 0. The molecule has 1 aliphatic carbocycles. The number of fused-ring (bicyclic) bond motifs is 3. The van der Waals surface area contributed by atoms with E-state index in [0.29, 0.717) is 18.2 Å². The van der Waals surface area contributed by atoms with Crippen molar-refractivity contribution >= 4 is 21.6 Å². The van der Waals surface area contributed by atoms with E-state index in [0.717, 1.165) is 29.5 Å². The first-order valence-electron chi connectivity index (χ1n) is 6.13. The summed E-state index contributed by atoms with van der Waals surface area (Å²) in [4.78, 5) is 18.6. The maximum absolute atomic E-state index is 12.0. The molecule has 3 nitrogen and oxygen atoms in total. The molecule has 0 amide bonds. The minimum absolute atomic E-state index is 0.195. The summed E-state index contributed by atoms with van der Waals surface area (Å²) < 4.78 is 5.23. The number of aryl methyl sites for hydroxylation is 2. The Bertz CT molecular complexity index is 626. The summed E-state index contributed by atoms with van der Waals surface area (Å²) in [6.45, 7) is 4.22. The Kier molecular flexibility index (Phi) is 2.54. The van der Waals surface area contributed by atoms with Crippen molar-refractivity contribution in [3.8, 4) is 0 Å². The lowest BCUT2D eigenvalue weighted by Gasteiger charge is -2.17. The molecule has 0 radical (unpaired) electrons. The van der Waals surface area contributed by atoms with Crippen LogP contribution in [0.4, 0.5) is 0 Å². The van der Waals surface area contributed by atoms with E-state index in [-0.39, 0.29) is 5.63 Å². The molecular formula is C13H15NO2S. The highest BCUT2D eigenvalue weighted by Crippen LogP contribution is 2.35. The van der Waals surface area contributed by atoms with Gasteiger partial charge in [-0.15, -0.1) is 11.3 Å². The maximum Gasteiger partial charge on any atom is 0.348 e. The third-order valence-electron chi connectivity index (χ3n) is 3.44. The van der Waals surface area contributed by atoms with Gasteiger partial charge in [0.15, 0.2) is 5.89 Å². The van der Waals surface area contributed by atoms with E-state index >= 15 is 0 Å². The summed E-state index contributed by atoms with van der Waals surface area (Å²) in [6.07, 6.45) is 3.91. The summed E-state index contributed by atoms with van der Waals surface area (Å²) in [5.74, 6) is 1.27. The van der Waals surface area contributed by atoms with Crippen molar-refractivity contribution in [3.05, 3.63) is 26.8 Å². The second-order valence-electron chi connectivity index (χ2n) is 4.78. The fourth-order valence-electron chi connectivity index (χ4n) is 2.47. The van der Waals surface area contributed by atoms with Gasteiger partial charge in [-0.25, -0.2) is 9.78 Å². The molecule has 2 heterocycles. The van der Waals surface area contributed by atoms with Gasteiger partial charge in [-0.2, -0.15) is 0 Å². The third-order valence-corrected chi connectivity index (χ3v) is 4.58. The van der Waals surface area contributed by atoms with Crippen LogP contribution in [0.3, 0.4) is 0 Å². The van der Waals surface area contributed by atoms with Crippen LogP contribution >= 0.6 is 11.3 Å². The van der Waals surface area contributed by atoms with Gasteiger partial charge < -0.3 is 4.42 Å². The predicted molar refractivity (Wildman–Crippen MR) is 68.7 cm³/mol. The molecular weight excluding hydrogens is 234 g/mol. The lowest BCUT2D eigenvalue weighted by molar-refractivity contribution is 0.449. The highest BCUT2D eigenvalue weighted by atomic mass is 32.1. The van der Waals surface area contributed by atoms with Crippen molar-refractivity contribution in [2.24, 2.45) is 5.92 Å². The normalized spacial score (nSPS) is 19.5. The van der Waals surface area contributed by atoms with Crippen LogP contribution in [-0.4, -0.2) is 4.98 Å². The van der Waals surface area contributed by atoms with Gasteiger partial charge in [0.1, 0.15) is 10.2 Å². The van der Waals surface area contributed by atoms with Crippen molar-refractivity contribution in [1.82, 2.24) is 4.98 Å². The minimum atomic E-state index is -0.195. The molecule has 1 unspecified atom stereocenters. The van der Waals surface area contributed by atoms with E-state index in [1.807, 2.05) is 6.92 Å². The Morgan fingerprint density at radius 1 is 1.53 bits per heavy atom. The molecule has 4 heteroatoms. The molecule has 0 saturated heterocycles. The zero-order valence-corrected chi connectivity index (χ0v) is 10.9. The molecule has 0 fully saturated rings. The highest BCUT2D eigenvalue weighted by molar-refractivity contribution is 7.18. The monoisotopic (exact) mass is 249 g/mol. The van der Waals surface area contributed by atoms with Crippen LogP contribution in [0.5, 0.6) is 0 Å². The van der Waals surface area contributed by atoms with Crippen LogP contribution in [0.2, 0.25) is 0 Å². The maximum atomic E-state index is 12.0. The van der Waals surface area contributed by atoms with Crippen molar-refractivity contribution in [3.63, 3.8) is 0 Å². The van der Waals surface area contributed by atoms with Crippen LogP contribution in [0, 0.1) is 5.92 Å².